The Morgan fingerprint density at radius 1 is 0.935 bits per heavy atom. The van der Waals surface area contributed by atoms with Gasteiger partial charge in [-0.15, -0.1) is 0 Å². The maximum absolute atomic E-state index is 12.6. The first-order chi connectivity index (χ1) is 15.0. The standard InChI is InChI=1S/C23H31N3O5/c1-2-31-21-7-4-3-6-18(21)25-12-10-24(11-13-25)8-5-9-26-22(29)16-14-19(27)20(28)15-17(16)23(26)30/h3-4,6-7,16-17,27-28H,2,5,8-15H2,1H3. The lowest BCUT2D eigenvalue weighted by molar-refractivity contribution is -0.140. The topological polar surface area (TPSA) is 93.6 Å². The maximum Gasteiger partial charge on any atom is 0.233 e. The van der Waals surface area contributed by atoms with Crippen molar-refractivity contribution in [1.29, 1.82) is 0 Å². The molecule has 8 heteroatoms. The number of allylic oxidation sites excluding steroid dienone is 2. The van der Waals surface area contributed by atoms with Crippen LogP contribution in [0.15, 0.2) is 35.8 Å². The number of aliphatic hydroxyl groups excluding tert-OH is 2. The number of hydrogen-bond donors (Lipinski definition) is 2. The lowest BCUT2D eigenvalue weighted by Crippen LogP contribution is -2.47. The summed E-state index contributed by atoms with van der Waals surface area (Å²) in [7, 11) is 0. The molecule has 2 amide bonds. The van der Waals surface area contributed by atoms with Gasteiger partial charge in [0, 0.05) is 45.6 Å². The molecule has 0 bridgehead atoms. The number of piperazine rings is 1. The van der Waals surface area contributed by atoms with Crippen LogP contribution < -0.4 is 9.64 Å². The maximum atomic E-state index is 12.6. The first-order valence-electron chi connectivity index (χ1n) is 11.1. The van der Waals surface area contributed by atoms with E-state index in [4.69, 9.17) is 4.74 Å². The highest BCUT2D eigenvalue weighted by Gasteiger charge is 2.50. The average molecular weight is 430 g/mol. The predicted octanol–water partition coefficient (Wildman–Crippen LogP) is 2.32. The van der Waals surface area contributed by atoms with E-state index < -0.39 is 11.8 Å². The third kappa shape index (κ3) is 4.35. The predicted molar refractivity (Wildman–Crippen MR) is 116 cm³/mol. The fourth-order valence-electron chi connectivity index (χ4n) is 4.85. The Balaban J connectivity index is 1.25. The molecule has 8 nitrogen and oxygen atoms in total. The van der Waals surface area contributed by atoms with Crippen molar-refractivity contribution in [2.24, 2.45) is 11.8 Å². The van der Waals surface area contributed by atoms with Gasteiger partial charge in [-0.05, 0) is 32.0 Å². The third-order valence-corrected chi connectivity index (χ3v) is 6.55. The quantitative estimate of drug-likeness (QED) is 0.643. The van der Waals surface area contributed by atoms with Gasteiger partial charge in [0.05, 0.1) is 24.1 Å². The van der Waals surface area contributed by atoms with Gasteiger partial charge in [0.25, 0.3) is 0 Å². The summed E-state index contributed by atoms with van der Waals surface area (Å²) in [6.07, 6.45) is 0.837. The van der Waals surface area contributed by atoms with Gasteiger partial charge < -0.3 is 19.8 Å². The number of amides is 2. The summed E-state index contributed by atoms with van der Waals surface area (Å²) in [5.41, 5.74) is 1.12. The van der Waals surface area contributed by atoms with Gasteiger partial charge in [-0.3, -0.25) is 19.4 Å². The monoisotopic (exact) mass is 429 g/mol. The van der Waals surface area contributed by atoms with Crippen LogP contribution in [0.5, 0.6) is 5.75 Å². The first kappa shape index (κ1) is 21.5. The molecule has 2 aliphatic heterocycles. The van der Waals surface area contributed by atoms with E-state index in [9.17, 15) is 19.8 Å². The Morgan fingerprint density at radius 2 is 1.55 bits per heavy atom. The molecule has 31 heavy (non-hydrogen) atoms. The summed E-state index contributed by atoms with van der Waals surface area (Å²) in [5, 5.41) is 19.5. The lowest BCUT2D eigenvalue weighted by atomic mass is 9.83. The second kappa shape index (κ2) is 9.18. The van der Waals surface area contributed by atoms with Crippen LogP contribution in [0.3, 0.4) is 0 Å². The molecule has 2 N–H and O–H groups in total. The summed E-state index contributed by atoms with van der Waals surface area (Å²) in [4.78, 5) is 31.3. The summed E-state index contributed by atoms with van der Waals surface area (Å²) in [6.45, 7) is 7.48. The van der Waals surface area contributed by atoms with Crippen molar-refractivity contribution >= 4 is 17.5 Å². The highest BCUT2D eigenvalue weighted by molar-refractivity contribution is 6.05. The van der Waals surface area contributed by atoms with Gasteiger partial charge in [0.1, 0.15) is 17.3 Å². The molecular weight excluding hydrogens is 398 g/mol. The van der Waals surface area contributed by atoms with Crippen LogP contribution in [0.1, 0.15) is 26.2 Å². The number of carbonyl (C=O) groups is 2. The third-order valence-electron chi connectivity index (χ3n) is 6.55. The van der Waals surface area contributed by atoms with Crippen molar-refractivity contribution in [3.05, 3.63) is 35.8 Å². The molecule has 2 fully saturated rings. The zero-order valence-corrected chi connectivity index (χ0v) is 18.0. The minimum Gasteiger partial charge on any atom is -0.509 e. The molecule has 4 rings (SSSR count). The van der Waals surface area contributed by atoms with Crippen LogP contribution in [0.4, 0.5) is 5.69 Å². The van der Waals surface area contributed by atoms with Crippen LogP contribution in [0.25, 0.3) is 0 Å². The van der Waals surface area contributed by atoms with Gasteiger partial charge in [0.15, 0.2) is 0 Å². The fourth-order valence-corrected chi connectivity index (χ4v) is 4.85. The van der Waals surface area contributed by atoms with E-state index in [0.29, 0.717) is 13.2 Å². The molecule has 2 saturated heterocycles. The molecule has 2 atom stereocenters. The molecule has 0 radical (unpaired) electrons. The van der Waals surface area contributed by atoms with Crippen molar-refractivity contribution in [1.82, 2.24) is 9.80 Å². The zero-order valence-electron chi connectivity index (χ0n) is 18.0. The number of fused-ring (bicyclic) bond motifs is 1. The summed E-state index contributed by atoms with van der Waals surface area (Å²) in [5.74, 6) is -0.897. The van der Waals surface area contributed by atoms with E-state index in [2.05, 4.69) is 15.9 Å². The molecule has 3 aliphatic rings. The molecule has 168 valence electrons. The van der Waals surface area contributed by atoms with E-state index in [1.54, 1.807) is 0 Å². The van der Waals surface area contributed by atoms with E-state index in [-0.39, 0.29) is 36.2 Å². The molecule has 1 aliphatic carbocycles. The molecule has 1 aromatic carbocycles. The van der Waals surface area contributed by atoms with Gasteiger partial charge in [-0.25, -0.2) is 0 Å². The number of aliphatic hydroxyl groups is 2. The molecule has 2 heterocycles. The largest absolute Gasteiger partial charge is 0.509 e. The van der Waals surface area contributed by atoms with Crippen molar-refractivity contribution in [2.75, 3.05) is 50.8 Å². The van der Waals surface area contributed by atoms with E-state index in [0.717, 1.165) is 50.6 Å². The number of para-hydroxylation sites is 2. The Bertz CT molecular complexity index is 831. The van der Waals surface area contributed by atoms with E-state index in [1.165, 1.54) is 4.90 Å². The smallest absolute Gasteiger partial charge is 0.233 e. The van der Waals surface area contributed by atoms with Crippen LogP contribution in [-0.2, 0) is 9.59 Å². The lowest BCUT2D eigenvalue weighted by Gasteiger charge is -2.36. The van der Waals surface area contributed by atoms with Crippen LogP contribution >= 0.6 is 0 Å². The Morgan fingerprint density at radius 3 is 2.16 bits per heavy atom. The number of carbonyl (C=O) groups excluding carboxylic acids is 2. The molecule has 0 saturated carbocycles. The number of ether oxygens (including phenoxy) is 1. The van der Waals surface area contributed by atoms with Crippen LogP contribution in [0.2, 0.25) is 0 Å². The van der Waals surface area contributed by atoms with Crippen molar-refractivity contribution < 1.29 is 24.5 Å². The van der Waals surface area contributed by atoms with Crippen LogP contribution in [0, 0.1) is 11.8 Å². The fraction of sp³-hybridized carbons (Fsp3) is 0.565. The number of imide groups is 1. The number of likely N-dealkylation sites (tertiary alicyclic amines) is 1. The number of rotatable bonds is 7. The SMILES string of the molecule is CCOc1ccccc1N1CCN(CCCN2C(=O)C3CC(O)=C(O)CC3C2=O)CC1. The van der Waals surface area contributed by atoms with Crippen molar-refractivity contribution in [3.8, 4) is 5.75 Å². The summed E-state index contributed by atoms with van der Waals surface area (Å²) < 4.78 is 5.75. The number of anilines is 1. The Kier molecular flexibility index (Phi) is 6.36. The summed E-state index contributed by atoms with van der Waals surface area (Å²) >= 11 is 0. The van der Waals surface area contributed by atoms with Gasteiger partial charge in [0.2, 0.25) is 11.8 Å². The molecule has 1 aromatic rings. The highest BCUT2D eigenvalue weighted by Crippen LogP contribution is 2.39. The molecule has 0 aromatic heterocycles. The Labute approximate surface area is 182 Å². The van der Waals surface area contributed by atoms with Crippen molar-refractivity contribution in [2.45, 2.75) is 26.2 Å². The number of benzene rings is 1. The van der Waals surface area contributed by atoms with Gasteiger partial charge in [-0.1, -0.05) is 12.1 Å². The minimum absolute atomic E-state index is 0.0583. The minimum atomic E-state index is -0.530. The molecular formula is C23H31N3O5. The Hall–Kier alpha value is -2.74. The second-order valence-corrected chi connectivity index (χ2v) is 8.43. The van der Waals surface area contributed by atoms with Crippen molar-refractivity contribution in [3.63, 3.8) is 0 Å². The summed E-state index contributed by atoms with van der Waals surface area (Å²) in [6, 6.07) is 8.11. The normalized spacial score (nSPS) is 24.7. The van der Waals surface area contributed by atoms with Gasteiger partial charge in [-0.2, -0.15) is 0 Å². The highest BCUT2D eigenvalue weighted by atomic mass is 16.5. The first-order valence-corrected chi connectivity index (χ1v) is 11.1. The van der Waals surface area contributed by atoms with E-state index in [1.807, 2.05) is 25.1 Å². The van der Waals surface area contributed by atoms with Gasteiger partial charge >= 0.3 is 0 Å². The number of nitrogens with zero attached hydrogens (tertiary/aromatic N) is 3. The average Bonchev–Trinajstić information content (AvgIpc) is 2.99. The van der Waals surface area contributed by atoms with E-state index >= 15 is 0 Å². The number of hydrogen-bond acceptors (Lipinski definition) is 7. The molecule has 0 spiro atoms. The molecule has 2 unspecified atom stereocenters. The second-order valence-electron chi connectivity index (χ2n) is 8.43. The zero-order chi connectivity index (χ0) is 22.0. The van der Waals surface area contributed by atoms with Crippen LogP contribution in [-0.4, -0.2) is 77.7 Å².